The summed E-state index contributed by atoms with van der Waals surface area (Å²) in [5.74, 6) is 1.37. The molecular weight excluding hydrogens is 380 g/mol. The van der Waals surface area contributed by atoms with Crippen LogP contribution in [0.15, 0.2) is 29.7 Å². The van der Waals surface area contributed by atoms with Gasteiger partial charge >= 0.3 is 0 Å². The van der Waals surface area contributed by atoms with Gasteiger partial charge in [-0.3, -0.25) is 9.78 Å². The molecule has 7 nitrogen and oxygen atoms in total. The quantitative estimate of drug-likeness (QED) is 0.605. The van der Waals surface area contributed by atoms with Crippen LogP contribution in [0.4, 0.5) is 5.13 Å². The van der Waals surface area contributed by atoms with Crippen LogP contribution < -0.4 is 5.32 Å². The van der Waals surface area contributed by atoms with Crippen molar-refractivity contribution in [1.29, 1.82) is 0 Å². The number of nitrogens with zero attached hydrogens (tertiary/aromatic N) is 5. The summed E-state index contributed by atoms with van der Waals surface area (Å²) in [4.78, 5) is 21.8. The number of amides is 1. The van der Waals surface area contributed by atoms with E-state index >= 15 is 0 Å². The number of pyridine rings is 1. The van der Waals surface area contributed by atoms with Gasteiger partial charge in [-0.1, -0.05) is 25.6 Å². The van der Waals surface area contributed by atoms with Crippen LogP contribution in [0.3, 0.4) is 0 Å². The van der Waals surface area contributed by atoms with E-state index in [0.717, 1.165) is 33.7 Å². The van der Waals surface area contributed by atoms with Crippen LogP contribution in [0.5, 0.6) is 0 Å². The third kappa shape index (κ3) is 4.92. The van der Waals surface area contributed by atoms with Gasteiger partial charge in [-0.2, -0.15) is 0 Å². The lowest BCUT2D eigenvalue weighted by Gasteiger charge is -2.12. The van der Waals surface area contributed by atoms with E-state index in [9.17, 15) is 4.79 Å². The number of nitrogens with one attached hydrogen (secondary N) is 1. The van der Waals surface area contributed by atoms with E-state index in [2.05, 4.69) is 43.9 Å². The first-order chi connectivity index (χ1) is 12.9. The number of anilines is 1. The fourth-order valence-electron chi connectivity index (χ4n) is 2.45. The maximum Gasteiger partial charge on any atom is 0.236 e. The molecule has 1 N–H and O–H groups in total. The molecule has 3 aromatic heterocycles. The largest absolute Gasteiger partial charge is 0.302 e. The molecule has 3 heterocycles. The molecule has 0 unspecified atom stereocenters. The van der Waals surface area contributed by atoms with Crippen LogP contribution in [0.25, 0.3) is 11.4 Å². The minimum absolute atomic E-state index is 0.0988. The maximum absolute atomic E-state index is 12.3. The number of thioether (sulfide) groups is 1. The molecule has 0 aliphatic carbocycles. The fourth-order valence-corrected chi connectivity index (χ4v) is 4.03. The van der Waals surface area contributed by atoms with Gasteiger partial charge in [0.05, 0.1) is 11.4 Å². The summed E-state index contributed by atoms with van der Waals surface area (Å²) in [6.45, 7) is 8.99. The van der Waals surface area contributed by atoms with Gasteiger partial charge in [-0.15, -0.1) is 21.5 Å². The number of rotatable bonds is 7. The summed E-state index contributed by atoms with van der Waals surface area (Å²) < 4.78 is 2.07. The second kappa shape index (κ2) is 8.62. The second-order valence-electron chi connectivity index (χ2n) is 6.54. The van der Waals surface area contributed by atoms with Crippen molar-refractivity contribution in [2.75, 3.05) is 11.1 Å². The lowest BCUT2D eigenvalue weighted by Crippen LogP contribution is -2.15. The number of hydrogen-bond acceptors (Lipinski definition) is 7. The molecule has 9 heteroatoms. The summed E-state index contributed by atoms with van der Waals surface area (Å²) in [5.41, 5.74) is 1.91. The Hall–Kier alpha value is -2.26. The predicted molar refractivity (Wildman–Crippen MR) is 109 cm³/mol. The Labute approximate surface area is 166 Å². The van der Waals surface area contributed by atoms with E-state index in [0.29, 0.717) is 11.0 Å². The van der Waals surface area contributed by atoms with Crippen molar-refractivity contribution in [3.8, 4) is 11.4 Å². The molecule has 0 aliphatic rings. The third-order valence-electron chi connectivity index (χ3n) is 3.81. The monoisotopic (exact) mass is 402 g/mol. The highest BCUT2D eigenvalue weighted by Gasteiger charge is 2.17. The Kier molecular flexibility index (Phi) is 6.22. The molecule has 0 radical (unpaired) electrons. The zero-order chi connectivity index (χ0) is 19.4. The standard InChI is InChI=1S/C18H22N6OS2/c1-11(2)9-24-16(14-5-7-19-8-6-14)22-23-18(24)26-10-15(25)21-17-20-12(3)13(4)27-17/h5-8,11H,9-10H2,1-4H3,(H,20,21,25). The molecule has 0 atom stereocenters. The average Bonchev–Trinajstić information content (AvgIpc) is 3.16. The summed E-state index contributed by atoms with van der Waals surface area (Å²) in [6.07, 6.45) is 3.48. The van der Waals surface area contributed by atoms with E-state index in [1.165, 1.54) is 23.1 Å². The smallest absolute Gasteiger partial charge is 0.236 e. The molecule has 0 aliphatic heterocycles. The van der Waals surface area contributed by atoms with Crippen molar-refractivity contribution in [2.45, 2.75) is 39.4 Å². The van der Waals surface area contributed by atoms with Crippen LogP contribution >= 0.6 is 23.1 Å². The normalized spacial score (nSPS) is 11.1. The zero-order valence-electron chi connectivity index (χ0n) is 15.8. The summed E-state index contributed by atoms with van der Waals surface area (Å²) in [5, 5.41) is 12.9. The molecule has 0 fully saturated rings. The van der Waals surface area contributed by atoms with E-state index < -0.39 is 0 Å². The highest BCUT2D eigenvalue weighted by Crippen LogP contribution is 2.26. The van der Waals surface area contributed by atoms with Gasteiger partial charge in [-0.05, 0) is 31.9 Å². The number of thiazole rings is 1. The maximum atomic E-state index is 12.3. The van der Waals surface area contributed by atoms with E-state index in [-0.39, 0.29) is 11.7 Å². The predicted octanol–water partition coefficient (Wildman–Crippen LogP) is 3.80. The molecule has 0 bridgehead atoms. The Morgan fingerprint density at radius 1 is 1.26 bits per heavy atom. The first kappa shape index (κ1) is 19.5. The van der Waals surface area contributed by atoms with Crippen LogP contribution in [0.1, 0.15) is 24.4 Å². The molecule has 27 heavy (non-hydrogen) atoms. The topological polar surface area (TPSA) is 85.6 Å². The molecule has 3 rings (SSSR count). The van der Waals surface area contributed by atoms with Gasteiger partial charge in [0.25, 0.3) is 0 Å². The van der Waals surface area contributed by atoms with Gasteiger partial charge < -0.3 is 9.88 Å². The molecular formula is C18H22N6OS2. The van der Waals surface area contributed by atoms with Gasteiger partial charge in [0.2, 0.25) is 5.91 Å². The lowest BCUT2D eigenvalue weighted by molar-refractivity contribution is -0.113. The summed E-state index contributed by atoms with van der Waals surface area (Å²) >= 11 is 2.87. The first-order valence-corrected chi connectivity index (χ1v) is 10.4. The summed E-state index contributed by atoms with van der Waals surface area (Å²) in [7, 11) is 0. The van der Waals surface area contributed by atoms with Crippen LogP contribution in [0.2, 0.25) is 0 Å². The van der Waals surface area contributed by atoms with Gasteiger partial charge in [0.15, 0.2) is 16.1 Å². The first-order valence-electron chi connectivity index (χ1n) is 8.64. The molecule has 0 saturated heterocycles. The fraction of sp³-hybridized carbons (Fsp3) is 0.389. The Morgan fingerprint density at radius 2 is 2.00 bits per heavy atom. The highest BCUT2D eigenvalue weighted by molar-refractivity contribution is 7.99. The van der Waals surface area contributed by atoms with Crippen molar-refractivity contribution < 1.29 is 4.79 Å². The minimum Gasteiger partial charge on any atom is -0.302 e. The number of carbonyl (C=O) groups is 1. The summed E-state index contributed by atoms with van der Waals surface area (Å²) in [6, 6.07) is 3.82. The van der Waals surface area contributed by atoms with Gasteiger partial charge in [-0.25, -0.2) is 4.98 Å². The SMILES string of the molecule is Cc1nc(NC(=O)CSc2nnc(-c3ccncc3)n2CC(C)C)sc1C. The zero-order valence-corrected chi connectivity index (χ0v) is 17.4. The van der Waals surface area contributed by atoms with Crippen molar-refractivity contribution in [1.82, 2.24) is 24.7 Å². The van der Waals surface area contributed by atoms with Crippen molar-refractivity contribution in [3.63, 3.8) is 0 Å². The Balaban J connectivity index is 1.72. The number of hydrogen-bond donors (Lipinski definition) is 1. The molecule has 0 saturated carbocycles. The van der Waals surface area contributed by atoms with Crippen molar-refractivity contribution in [3.05, 3.63) is 35.1 Å². The number of aryl methyl sites for hydroxylation is 2. The minimum atomic E-state index is -0.0988. The van der Waals surface area contributed by atoms with Crippen molar-refractivity contribution in [2.24, 2.45) is 5.92 Å². The van der Waals surface area contributed by atoms with E-state index in [1.807, 2.05) is 26.0 Å². The van der Waals surface area contributed by atoms with Gasteiger partial charge in [0.1, 0.15) is 0 Å². The number of aromatic nitrogens is 5. The molecule has 3 aromatic rings. The molecule has 0 spiro atoms. The van der Waals surface area contributed by atoms with E-state index in [4.69, 9.17) is 0 Å². The molecule has 0 aromatic carbocycles. The van der Waals surface area contributed by atoms with Crippen molar-refractivity contribution >= 4 is 34.1 Å². The highest BCUT2D eigenvalue weighted by atomic mass is 32.2. The third-order valence-corrected chi connectivity index (χ3v) is 5.77. The lowest BCUT2D eigenvalue weighted by atomic mass is 10.2. The Morgan fingerprint density at radius 3 is 2.63 bits per heavy atom. The second-order valence-corrected chi connectivity index (χ2v) is 8.69. The van der Waals surface area contributed by atoms with Gasteiger partial charge in [0, 0.05) is 29.4 Å². The molecule has 142 valence electrons. The Bertz CT molecular complexity index is 900. The average molecular weight is 403 g/mol. The molecule has 1 amide bonds. The van der Waals surface area contributed by atoms with E-state index in [1.54, 1.807) is 12.4 Å². The number of carbonyl (C=O) groups excluding carboxylic acids is 1. The van der Waals surface area contributed by atoms with Crippen LogP contribution in [-0.2, 0) is 11.3 Å². The van der Waals surface area contributed by atoms with Crippen LogP contribution in [-0.4, -0.2) is 36.4 Å². The van der Waals surface area contributed by atoms with Crippen LogP contribution in [0, 0.1) is 19.8 Å².